The Balaban J connectivity index is 1.46. The molecule has 2 heterocycles. The first kappa shape index (κ1) is 21.5. The number of nitrogens with zero attached hydrogens (tertiary/aromatic N) is 2. The Bertz CT molecular complexity index is 1060. The molecule has 0 N–H and O–H groups in total. The zero-order valence-electron chi connectivity index (χ0n) is 17.8. The molecule has 0 aromatic heterocycles. The highest BCUT2D eigenvalue weighted by atomic mass is 16.5. The van der Waals surface area contributed by atoms with E-state index in [0.717, 1.165) is 24.2 Å². The Morgan fingerprint density at radius 1 is 0.906 bits per heavy atom. The van der Waals surface area contributed by atoms with Crippen LogP contribution >= 0.6 is 0 Å². The van der Waals surface area contributed by atoms with Crippen LogP contribution in [0.3, 0.4) is 0 Å². The summed E-state index contributed by atoms with van der Waals surface area (Å²) < 4.78 is 10.6. The predicted molar refractivity (Wildman–Crippen MR) is 116 cm³/mol. The van der Waals surface area contributed by atoms with Gasteiger partial charge in [0.2, 0.25) is 0 Å². The minimum atomic E-state index is -0.710. The molecule has 2 aromatic carbocycles. The minimum Gasteiger partial charge on any atom is -0.494 e. The highest BCUT2D eigenvalue weighted by Gasteiger charge is 2.37. The molecule has 0 spiro atoms. The van der Waals surface area contributed by atoms with Crippen LogP contribution in [0.2, 0.25) is 0 Å². The molecule has 0 radical (unpaired) electrons. The van der Waals surface area contributed by atoms with Crippen molar-refractivity contribution < 1.29 is 28.7 Å². The number of benzene rings is 2. The molecule has 0 aliphatic carbocycles. The van der Waals surface area contributed by atoms with Crippen molar-refractivity contribution in [3.8, 4) is 5.75 Å². The van der Waals surface area contributed by atoms with E-state index in [0.29, 0.717) is 31.1 Å². The van der Waals surface area contributed by atoms with E-state index < -0.39 is 17.8 Å². The van der Waals surface area contributed by atoms with Gasteiger partial charge in [-0.05, 0) is 68.7 Å². The van der Waals surface area contributed by atoms with Crippen molar-refractivity contribution in [2.45, 2.75) is 26.2 Å². The van der Waals surface area contributed by atoms with Crippen molar-refractivity contribution in [2.75, 3.05) is 31.2 Å². The monoisotopic (exact) mass is 436 g/mol. The summed E-state index contributed by atoms with van der Waals surface area (Å²) in [6.45, 7) is 3.38. The molecular formula is C24H24N2O6. The Labute approximate surface area is 185 Å². The van der Waals surface area contributed by atoms with Gasteiger partial charge in [0.05, 0.1) is 29.0 Å². The molecule has 1 fully saturated rings. The summed E-state index contributed by atoms with van der Waals surface area (Å²) in [7, 11) is 0. The van der Waals surface area contributed by atoms with Gasteiger partial charge in [0.15, 0.2) is 6.61 Å². The summed E-state index contributed by atoms with van der Waals surface area (Å²) >= 11 is 0. The molecule has 2 aliphatic rings. The number of piperidine rings is 1. The number of rotatable bonds is 6. The number of likely N-dealkylation sites (tertiary alicyclic amines) is 1. The van der Waals surface area contributed by atoms with Crippen LogP contribution in [-0.4, -0.2) is 54.9 Å². The van der Waals surface area contributed by atoms with Gasteiger partial charge in [0.25, 0.3) is 17.7 Å². The van der Waals surface area contributed by atoms with Gasteiger partial charge in [0.1, 0.15) is 5.75 Å². The lowest BCUT2D eigenvalue weighted by Gasteiger charge is -2.26. The molecule has 0 saturated carbocycles. The molecule has 2 aromatic rings. The van der Waals surface area contributed by atoms with Gasteiger partial charge in [-0.3, -0.25) is 14.4 Å². The molecule has 8 heteroatoms. The van der Waals surface area contributed by atoms with Crippen LogP contribution in [0.5, 0.6) is 5.75 Å². The van der Waals surface area contributed by atoms with Crippen molar-refractivity contribution >= 4 is 29.4 Å². The molecule has 32 heavy (non-hydrogen) atoms. The van der Waals surface area contributed by atoms with Crippen LogP contribution in [0, 0.1) is 0 Å². The maximum absolute atomic E-state index is 12.9. The average molecular weight is 436 g/mol. The molecule has 4 rings (SSSR count). The van der Waals surface area contributed by atoms with Crippen molar-refractivity contribution in [1.29, 1.82) is 0 Å². The van der Waals surface area contributed by atoms with Gasteiger partial charge in [0, 0.05) is 13.1 Å². The molecule has 166 valence electrons. The first-order valence-corrected chi connectivity index (χ1v) is 10.7. The van der Waals surface area contributed by atoms with E-state index in [9.17, 15) is 19.2 Å². The average Bonchev–Trinajstić information content (AvgIpc) is 3.08. The molecule has 2 aliphatic heterocycles. The second kappa shape index (κ2) is 9.21. The number of imide groups is 1. The van der Waals surface area contributed by atoms with Crippen LogP contribution in [0.1, 0.15) is 57.3 Å². The topological polar surface area (TPSA) is 93.2 Å². The largest absolute Gasteiger partial charge is 0.494 e. The Morgan fingerprint density at radius 2 is 1.59 bits per heavy atom. The molecule has 0 atom stereocenters. The minimum absolute atomic E-state index is 0.116. The van der Waals surface area contributed by atoms with Gasteiger partial charge < -0.3 is 14.4 Å². The highest BCUT2D eigenvalue weighted by Crippen LogP contribution is 2.30. The van der Waals surface area contributed by atoms with E-state index in [2.05, 4.69) is 0 Å². The third-order valence-electron chi connectivity index (χ3n) is 5.56. The van der Waals surface area contributed by atoms with Crippen LogP contribution in [0.15, 0.2) is 42.5 Å². The Kier molecular flexibility index (Phi) is 6.20. The number of fused-ring (bicyclic) bond motifs is 1. The van der Waals surface area contributed by atoms with E-state index >= 15 is 0 Å². The summed E-state index contributed by atoms with van der Waals surface area (Å²) in [6.07, 6.45) is 3.00. The van der Waals surface area contributed by atoms with Crippen molar-refractivity contribution in [1.82, 2.24) is 4.90 Å². The van der Waals surface area contributed by atoms with Gasteiger partial charge in [-0.15, -0.1) is 0 Å². The fraction of sp³-hybridized carbons (Fsp3) is 0.333. The van der Waals surface area contributed by atoms with E-state index in [1.165, 1.54) is 18.2 Å². The number of carbonyl (C=O) groups excluding carboxylic acids is 4. The van der Waals surface area contributed by atoms with Gasteiger partial charge in [-0.25, -0.2) is 9.69 Å². The number of amides is 3. The first-order valence-electron chi connectivity index (χ1n) is 10.7. The molecule has 3 amide bonds. The standard InChI is InChI=1S/C24H24N2O6/c1-2-31-18-9-7-17(8-10-18)26-22(28)19-11-6-16(14-20(19)23(26)29)24(30)32-15-21(27)25-12-4-3-5-13-25/h6-11,14H,2-5,12-13,15H2,1H3. The van der Waals surface area contributed by atoms with Gasteiger partial charge in [-0.2, -0.15) is 0 Å². The number of esters is 1. The van der Waals surface area contributed by atoms with Gasteiger partial charge in [-0.1, -0.05) is 0 Å². The van der Waals surface area contributed by atoms with E-state index in [1.807, 2.05) is 6.92 Å². The second-order valence-corrected chi connectivity index (χ2v) is 7.65. The van der Waals surface area contributed by atoms with Crippen LogP contribution in [0.25, 0.3) is 0 Å². The zero-order valence-corrected chi connectivity index (χ0v) is 17.8. The fourth-order valence-corrected chi connectivity index (χ4v) is 3.91. The lowest BCUT2D eigenvalue weighted by atomic mass is 10.1. The van der Waals surface area contributed by atoms with E-state index in [4.69, 9.17) is 9.47 Å². The molecule has 8 nitrogen and oxygen atoms in total. The summed E-state index contributed by atoms with van der Waals surface area (Å²) in [5.41, 5.74) is 0.867. The maximum atomic E-state index is 12.9. The molecule has 1 saturated heterocycles. The smallest absolute Gasteiger partial charge is 0.338 e. The van der Waals surface area contributed by atoms with E-state index in [-0.39, 0.29) is 29.2 Å². The number of hydrogen-bond acceptors (Lipinski definition) is 6. The molecule has 0 bridgehead atoms. The Hall–Kier alpha value is -3.68. The molecule has 0 unspecified atom stereocenters. The van der Waals surface area contributed by atoms with Gasteiger partial charge >= 0.3 is 5.97 Å². The third-order valence-corrected chi connectivity index (χ3v) is 5.56. The second-order valence-electron chi connectivity index (χ2n) is 7.65. The third kappa shape index (κ3) is 4.21. The molecular weight excluding hydrogens is 412 g/mol. The van der Waals surface area contributed by atoms with Crippen molar-refractivity contribution in [3.63, 3.8) is 0 Å². The zero-order chi connectivity index (χ0) is 22.7. The first-order chi connectivity index (χ1) is 15.5. The summed E-state index contributed by atoms with van der Waals surface area (Å²) in [4.78, 5) is 53.1. The SMILES string of the molecule is CCOc1ccc(N2C(=O)c3ccc(C(=O)OCC(=O)N4CCCCC4)cc3C2=O)cc1. The maximum Gasteiger partial charge on any atom is 0.338 e. The predicted octanol–water partition coefficient (Wildman–Crippen LogP) is 3.06. The summed E-state index contributed by atoms with van der Waals surface area (Å²) in [6, 6.07) is 10.8. The van der Waals surface area contributed by atoms with Crippen LogP contribution < -0.4 is 9.64 Å². The van der Waals surface area contributed by atoms with Crippen LogP contribution in [0.4, 0.5) is 5.69 Å². The Morgan fingerprint density at radius 3 is 2.28 bits per heavy atom. The van der Waals surface area contributed by atoms with Crippen molar-refractivity contribution in [2.24, 2.45) is 0 Å². The fourth-order valence-electron chi connectivity index (χ4n) is 3.91. The summed E-state index contributed by atoms with van der Waals surface area (Å²) in [5, 5.41) is 0. The van der Waals surface area contributed by atoms with E-state index in [1.54, 1.807) is 29.2 Å². The normalized spacial score (nSPS) is 15.5. The summed E-state index contributed by atoms with van der Waals surface area (Å²) in [5.74, 6) is -1.29. The highest BCUT2D eigenvalue weighted by molar-refractivity contribution is 6.34. The van der Waals surface area contributed by atoms with Crippen molar-refractivity contribution in [3.05, 3.63) is 59.2 Å². The quantitative estimate of drug-likeness (QED) is 0.510. The lowest BCUT2D eigenvalue weighted by molar-refractivity contribution is -0.135. The number of hydrogen-bond donors (Lipinski definition) is 0. The number of anilines is 1. The number of ether oxygens (including phenoxy) is 2. The number of carbonyl (C=O) groups is 4. The van der Waals surface area contributed by atoms with Crippen LogP contribution in [-0.2, 0) is 9.53 Å². The lowest BCUT2D eigenvalue weighted by Crippen LogP contribution is -2.38.